The van der Waals surface area contributed by atoms with Gasteiger partial charge in [0.15, 0.2) is 7.85 Å². The van der Waals surface area contributed by atoms with E-state index in [4.69, 9.17) is 4.98 Å². The number of pyridine rings is 2. The van der Waals surface area contributed by atoms with Crippen LogP contribution in [0.3, 0.4) is 0 Å². The van der Waals surface area contributed by atoms with Crippen molar-refractivity contribution in [1.29, 1.82) is 0 Å². The van der Waals surface area contributed by atoms with Gasteiger partial charge in [0.1, 0.15) is 11.6 Å². The highest BCUT2D eigenvalue weighted by Crippen LogP contribution is 2.26. The largest absolute Gasteiger partial charge is 0.354 e. The fourth-order valence-corrected chi connectivity index (χ4v) is 4.55. The molecule has 0 atom stereocenters. The van der Waals surface area contributed by atoms with Crippen LogP contribution in [0.5, 0.6) is 0 Å². The first kappa shape index (κ1) is 22.2. The molecule has 1 N–H and O–H groups in total. The number of likely N-dealkylation sites (N-methyl/N-ethyl adjacent to an activating group) is 1. The van der Waals surface area contributed by atoms with E-state index in [1.54, 1.807) is 0 Å². The summed E-state index contributed by atoms with van der Waals surface area (Å²) in [5.41, 5.74) is 5.05. The molecule has 1 aliphatic rings. The number of benzene rings is 1. The molecule has 1 saturated heterocycles. The molecule has 1 aromatic carbocycles. The Morgan fingerprint density at radius 2 is 1.91 bits per heavy atom. The minimum absolute atomic E-state index is 0.785. The second-order valence-electron chi connectivity index (χ2n) is 8.86. The molecule has 5 rings (SSSR count). The fourth-order valence-electron chi connectivity index (χ4n) is 4.55. The molecular weight excluding hydrogens is 421 g/mol. The monoisotopic (exact) mass is 451 g/mol. The topological polar surface area (TPSA) is 62.1 Å². The molecule has 1 fully saturated rings. The first-order chi connectivity index (χ1) is 16.5. The van der Waals surface area contributed by atoms with Crippen LogP contribution in [0.15, 0.2) is 61.6 Å². The molecule has 0 unspecified atom stereocenters. The smallest absolute Gasteiger partial charge is 0.164 e. The summed E-state index contributed by atoms with van der Waals surface area (Å²) in [5.74, 6) is 1.79. The van der Waals surface area contributed by atoms with Crippen LogP contribution in [0.1, 0.15) is 12.5 Å². The van der Waals surface area contributed by atoms with Gasteiger partial charge in [-0.25, -0.2) is 9.97 Å². The number of aryl methyl sites for hydroxylation is 1. The van der Waals surface area contributed by atoms with Crippen molar-refractivity contribution in [1.82, 2.24) is 24.6 Å². The van der Waals surface area contributed by atoms with Gasteiger partial charge in [0.2, 0.25) is 0 Å². The number of anilines is 2. The Kier molecular flexibility index (Phi) is 6.07. The van der Waals surface area contributed by atoms with Crippen molar-refractivity contribution in [2.75, 3.05) is 42.9 Å². The summed E-state index contributed by atoms with van der Waals surface area (Å²) < 4.78 is 1.82. The van der Waals surface area contributed by atoms with E-state index in [-0.39, 0.29) is 0 Å². The maximum absolute atomic E-state index is 4.78. The first-order valence-electron chi connectivity index (χ1n) is 11.8. The van der Waals surface area contributed by atoms with Crippen LogP contribution < -0.4 is 15.8 Å². The summed E-state index contributed by atoms with van der Waals surface area (Å²) in [6.45, 7) is 11.7. The van der Waals surface area contributed by atoms with Crippen LogP contribution in [0, 0.1) is 0 Å². The molecule has 0 spiro atoms. The molecule has 0 amide bonds. The van der Waals surface area contributed by atoms with Crippen molar-refractivity contribution < 1.29 is 0 Å². The van der Waals surface area contributed by atoms with E-state index in [1.807, 2.05) is 44.2 Å². The van der Waals surface area contributed by atoms with Crippen LogP contribution in [0.2, 0.25) is 0 Å². The molecule has 1 aliphatic heterocycles. The number of nitrogens with one attached hydrogen (secondary N) is 1. The highest BCUT2D eigenvalue weighted by atomic mass is 15.3. The Labute approximate surface area is 201 Å². The molecule has 4 heterocycles. The third-order valence-electron chi connectivity index (χ3n) is 6.58. The van der Waals surface area contributed by atoms with Crippen LogP contribution in [-0.2, 0) is 7.05 Å². The van der Waals surface area contributed by atoms with Gasteiger partial charge >= 0.3 is 0 Å². The minimum atomic E-state index is 0.785. The normalized spacial score (nSPS) is 14.5. The Hall–Kier alpha value is -3.65. The summed E-state index contributed by atoms with van der Waals surface area (Å²) in [4.78, 5) is 14.2. The Morgan fingerprint density at radius 1 is 1.09 bits per heavy atom. The van der Waals surface area contributed by atoms with Gasteiger partial charge in [-0.15, -0.1) is 0 Å². The lowest BCUT2D eigenvalue weighted by Gasteiger charge is -2.34. The summed E-state index contributed by atoms with van der Waals surface area (Å²) in [6.07, 6.45) is 5.78. The van der Waals surface area contributed by atoms with E-state index in [1.165, 1.54) is 0 Å². The molecule has 4 aromatic rings. The quantitative estimate of drug-likeness (QED) is 0.455. The van der Waals surface area contributed by atoms with E-state index in [0.29, 0.717) is 0 Å². The lowest BCUT2D eigenvalue weighted by Crippen LogP contribution is -2.46. The van der Waals surface area contributed by atoms with Gasteiger partial charge in [0.25, 0.3) is 0 Å². The third-order valence-corrected chi connectivity index (χ3v) is 6.58. The molecule has 8 heteroatoms. The summed E-state index contributed by atoms with van der Waals surface area (Å²) in [5, 5.41) is 10.00. The Balaban J connectivity index is 1.37. The number of rotatable bonds is 6. The number of nitrogens with zero attached hydrogens (tertiary/aromatic N) is 6. The Bertz CT molecular complexity index is 1340. The van der Waals surface area contributed by atoms with Crippen molar-refractivity contribution in [3.05, 3.63) is 67.1 Å². The van der Waals surface area contributed by atoms with Gasteiger partial charge < -0.3 is 15.1 Å². The van der Waals surface area contributed by atoms with Crippen molar-refractivity contribution in [3.8, 4) is 11.1 Å². The third kappa shape index (κ3) is 4.54. The first-order valence-corrected chi connectivity index (χ1v) is 11.8. The van der Waals surface area contributed by atoms with Gasteiger partial charge in [0.05, 0.1) is 6.20 Å². The number of hydrogen-bond donors (Lipinski definition) is 1. The second kappa shape index (κ2) is 9.31. The molecule has 0 radical (unpaired) electrons. The van der Waals surface area contributed by atoms with Crippen LogP contribution in [0.4, 0.5) is 11.6 Å². The second-order valence-corrected chi connectivity index (χ2v) is 8.86. The van der Waals surface area contributed by atoms with Gasteiger partial charge in [0, 0.05) is 68.0 Å². The number of aromatic nitrogens is 4. The predicted molar refractivity (Wildman–Crippen MR) is 143 cm³/mol. The summed E-state index contributed by atoms with van der Waals surface area (Å²) in [7, 11) is 3.97. The average molecular weight is 451 g/mol. The van der Waals surface area contributed by atoms with Crippen LogP contribution >= 0.6 is 0 Å². The summed E-state index contributed by atoms with van der Waals surface area (Å²) >= 11 is 0. The fraction of sp³-hybridized carbons (Fsp3) is 0.269. The zero-order valence-corrected chi connectivity index (χ0v) is 20.1. The molecule has 34 heavy (non-hydrogen) atoms. The standard InChI is InChI=1S/C26H30BN7/c1-4-33-9-11-34(12-10-33)25-15-19(7-8-28-25)18(2)30-24-14-21-13-20(22-16-29-32(3)17-22)5-6-23(21)26(27)31-24/h5-8,13-17H,2,4,9-12,27H2,1,3H3,(H,30,31). The minimum Gasteiger partial charge on any atom is -0.354 e. The molecule has 7 nitrogen and oxygen atoms in total. The van der Waals surface area contributed by atoms with E-state index in [2.05, 4.69) is 69.0 Å². The van der Waals surface area contributed by atoms with Crippen LogP contribution in [0.25, 0.3) is 27.6 Å². The van der Waals surface area contributed by atoms with Crippen LogP contribution in [-0.4, -0.2) is 65.2 Å². The number of hydrogen-bond acceptors (Lipinski definition) is 6. The van der Waals surface area contributed by atoms with Crippen molar-refractivity contribution in [3.63, 3.8) is 0 Å². The van der Waals surface area contributed by atoms with Crippen molar-refractivity contribution in [2.45, 2.75) is 6.92 Å². The van der Waals surface area contributed by atoms with Crippen molar-refractivity contribution in [2.24, 2.45) is 7.05 Å². The number of piperazine rings is 1. The van der Waals surface area contributed by atoms with Gasteiger partial charge in [-0.05, 0) is 47.1 Å². The zero-order chi connectivity index (χ0) is 23.7. The van der Waals surface area contributed by atoms with Gasteiger partial charge in [-0.1, -0.05) is 25.6 Å². The van der Waals surface area contributed by atoms with E-state index < -0.39 is 0 Å². The van der Waals surface area contributed by atoms with E-state index in [9.17, 15) is 0 Å². The van der Waals surface area contributed by atoms with Gasteiger partial charge in [-0.3, -0.25) is 4.68 Å². The van der Waals surface area contributed by atoms with Crippen molar-refractivity contribution >= 4 is 41.5 Å². The molecule has 0 aliphatic carbocycles. The maximum atomic E-state index is 4.78. The highest BCUT2D eigenvalue weighted by molar-refractivity contribution is 6.37. The average Bonchev–Trinajstić information content (AvgIpc) is 3.30. The van der Waals surface area contributed by atoms with Gasteiger partial charge in [-0.2, -0.15) is 5.10 Å². The molecule has 172 valence electrons. The molecule has 0 bridgehead atoms. The lowest BCUT2D eigenvalue weighted by atomic mass is 9.94. The lowest BCUT2D eigenvalue weighted by molar-refractivity contribution is 0.270. The van der Waals surface area contributed by atoms with E-state index in [0.717, 1.165) is 83.1 Å². The maximum Gasteiger partial charge on any atom is 0.164 e. The Morgan fingerprint density at radius 3 is 2.65 bits per heavy atom. The molecule has 0 saturated carbocycles. The SMILES string of the molecule is Bc1nc(NC(=C)c2ccnc(N3CCN(CC)CC3)c2)cc2cc(-c3cnn(C)c3)ccc12. The highest BCUT2D eigenvalue weighted by Gasteiger charge is 2.17. The summed E-state index contributed by atoms with van der Waals surface area (Å²) in [6, 6.07) is 12.6. The molecule has 3 aromatic heterocycles. The molecular formula is C26H30BN7. The predicted octanol–water partition coefficient (Wildman–Crippen LogP) is 2.51. The van der Waals surface area contributed by atoms with E-state index >= 15 is 0 Å². The zero-order valence-electron chi connectivity index (χ0n) is 20.1. The number of fused-ring (bicyclic) bond motifs is 1.